The van der Waals surface area contributed by atoms with E-state index in [1.165, 1.54) is 12.5 Å². The third-order valence-electron chi connectivity index (χ3n) is 8.08. The topological polar surface area (TPSA) is 118 Å². The highest BCUT2D eigenvalue weighted by atomic mass is 19.3. The molecule has 1 amide bonds. The lowest BCUT2D eigenvalue weighted by Gasteiger charge is -2.30. The number of aliphatic hydroxyl groups is 1. The van der Waals surface area contributed by atoms with Crippen LogP contribution in [-0.2, 0) is 0 Å². The third kappa shape index (κ3) is 6.29. The van der Waals surface area contributed by atoms with Crippen molar-refractivity contribution in [1.29, 1.82) is 0 Å². The second-order valence-electron chi connectivity index (χ2n) is 11.0. The van der Waals surface area contributed by atoms with E-state index in [1.807, 2.05) is 0 Å². The van der Waals surface area contributed by atoms with Crippen LogP contribution < -0.4 is 10.6 Å². The van der Waals surface area contributed by atoms with Gasteiger partial charge in [0, 0.05) is 18.0 Å². The van der Waals surface area contributed by atoms with Crippen LogP contribution in [-0.4, -0.2) is 42.9 Å². The number of aromatic nitrogens is 4. The minimum Gasteiger partial charge on any atom is -0.444 e. The van der Waals surface area contributed by atoms with Crippen molar-refractivity contribution in [2.24, 2.45) is 11.8 Å². The van der Waals surface area contributed by atoms with E-state index in [0.717, 1.165) is 51.4 Å². The summed E-state index contributed by atoms with van der Waals surface area (Å²) in [6.45, 7) is 4.42. The number of nitrogens with zero attached hydrogens (tertiary/aromatic N) is 4. The Hall–Kier alpha value is -3.34. The molecule has 0 bridgehead atoms. The van der Waals surface area contributed by atoms with Crippen LogP contribution in [0.2, 0.25) is 0 Å². The number of alkyl halides is 2. The molecule has 2 saturated carbocycles. The van der Waals surface area contributed by atoms with Gasteiger partial charge in [-0.2, -0.15) is 5.10 Å². The quantitative estimate of drug-likeness (QED) is 0.309. The highest BCUT2D eigenvalue weighted by Crippen LogP contribution is 2.37. The summed E-state index contributed by atoms with van der Waals surface area (Å²) in [5.74, 6) is 1.34. The molecule has 0 saturated heterocycles. The molecular formula is C28H36F2N6O3. The van der Waals surface area contributed by atoms with E-state index in [2.05, 4.69) is 39.5 Å². The van der Waals surface area contributed by atoms with Crippen LogP contribution in [0.5, 0.6) is 0 Å². The molecule has 3 N–H and O–H groups in total. The lowest BCUT2D eigenvalue weighted by Crippen LogP contribution is -2.36. The highest BCUT2D eigenvalue weighted by molar-refractivity contribution is 6.03. The van der Waals surface area contributed by atoms with Gasteiger partial charge in [-0.3, -0.25) is 9.48 Å². The molecule has 3 aromatic rings. The Morgan fingerprint density at radius 3 is 2.64 bits per heavy atom. The summed E-state index contributed by atoms with van der Waals surface area (Å²) in [4.78, 5) is 21.5. The van der Waals surface area contributed by atoms with Gasteiger partial charge in [-0.15, -0.1) is 0 Å². The first-order valence-electron chi connectivity index (χ1n) is 13.8. The van der Waals surface area contributed by atoms with Gasteiger partial charge >= 0.3 is 0 Å². The van der Waals surface area contributed by atoms with Crippen LogP contribution in [0.25, 0.3) is 11.5 Å². The maximum atomic E-state index is 13.8. The number of carbonyl (C=O) groups excluding carboxylic acids is 1. The van der Waals surface area contributed by atoms with E-state index < -0.39 is 24.1 Å². The van der Waals surface area contributed by atoms with Crippen molar-refractivity contribution in [2.45, 2.75) is 89.8 Å². The summed E-state index contributed by atoms with van der Waals surface area (Å²) in [6, 6.07) is 3.39. The number of hydrogen-bond acceptors (Lipinski definition) is 7. The molecule has 2 fully saturated rings. The van der Waals surface area contributed by atoms with Crippen molar-refractivity contribution in [3.05, 3.63) is 42.2 Å². The first-order valence-corrected chi connectivity index (χ1v) is 13.8. The number of oxazole rings is 1. The van der Waals surface area contributed by atoms with Crippen LogP contribution in [0.1, 0.15) is 93.9 Å². The molecule has 11 heteroatoms. The molecule has 0 aromatic carbocycles. The van der Waals surface area contributed by atoms with Crippen LogP contribution >= 0.6 is 0 Å². The van der Waals surface area contributed by atoms with Gasteiger partial charge < -0.3 is 20.2 Å². The molecule has 5 rings (SSSR count). The van der Waals surface area contributed by atoms with E-state index in [1.54, 1.807) is 23.0 Å². The standard InChI is InChI=1S/C28H36F2N6O3/c1-16(2)17-7-9-19(10-8-17)36-14-21(25(35-36)26(29)30)33-27(38)22-15-39-28(34-22)18-11-12-31-24(13-18)32-20-5-3-4-6-23(20)37/h11-17,19-20,23,26,37H,3-10H2,1-2H3,(H,31,32)(H,33,38)/t17-,19-,20-,23+/m1/s1. The first-order chi connectivity index (χ1) is 18.8. The molecule has 0 spiro atoms. The minimum atomic E-state index is -2.83. The molecule has 210 valence electrons. The Labute approximate surface area is 226 Å². The van der Waals surface area contributed by atoms with Gasteiger partial charge in [-0.25, -0.2) is 18.7 Å². The van der Waals surface area contributed by atoms with Crippen LogP contribution in [0.4, 0.5) is 20.3 Å². The Bertz CT molecular complexity index is 1270. The van der Waals surface area contributed by atoms with E-state index in [0.29, 0.717) is 23.2 Å². The summed E-state index contributed by atoms with van der Waals surface area (Å²) < 4.78 is 34.7. The number of halogens is 2. The monoisotopic (exact) mass is 542 g/mol. The fourth-order valence-corrected chi connectivity index (χ4v) is 5.69. The summed E-state index contributed by atoms with van der Waals surface area (Å²) in [5, 5.41) is 20.2. The first kappa shape index (κ1) is 27.2. The molecule has 3 heterocycles. The number of pyridine rings is 1. The van der Waals surface area contributed by atoms with Crippen LogP contribution in [0.3, 0.4) is 0 Å². The maximum Gasteiger partial charge on any atom is 0.284 e. The molecule has 0 aliphatic heterocycles. The van der Waals surface area contributed by atoms with Gasteiger partial charge in [0.15, 0.2) is 11.4 Å². The molecule has 2 aliphatic rings. The second kappa shape index (κ2) is 11.8. The van der Waals surface area contributed by atoms with E-state index in [-0.39, 0.29) is 29.4 Å². The zero-order valence-corrected chi connectivity index (χ0v) is 22.3. The number of nitrogens with one attached hydrogen (secondary N) is 2. The minimum absolute atomic E-state index is 0.0213. The highest BCUT2D eigenvalue weighted by Gasteiger charge is 2.28. The lowest BCUT2D eigenvalue weighted by atomic mass is 9.80. The number of anilines is 2. The van der Waals surface area contributed by atoms with Gasteiger partial charge in [-0.1, -0.05) is 26.7 Å². The molecule has 0 unspecified atom stereocenters. The average molecular weight is 543 g/mol. The Morgan fingerprint density at radius 2 is 1.92 bits per heavy atom. The van der Waals surface area contributed by atoms with Crippen molar-refractivity contribution in [3.8, 4) is 11.5 Å². The average Bonchev–Trinajstić information content (AvgIpc) is 3.59. The van der Waals surface area contributed by atoms with Crippen LogP contribution in [0.15, 0.2) is 35.2 Å². The fraction of sp³-hybridized carbons (Fsp3) is 0.571. The van der Waals surface area contributed by atoms with Crippen molar-refractivity contribution in [2.75, 3.05) is 10.6 Å². The molecule has 3 aromatic heterocycles. The SMILES string of the molecule is CC(C)[C@H]1CC[C@H](n2cc(NC(=O)c3coc(-c4ccnc(N[C@@H]5CCCC[C@@H]5O)c4)n3)c(C(F)F)n2)CC1. The molecule has 2 aliphatic carbocycles. The van der Waals surface area contributed by atoms with Crippen molar-refractivity contribution in [3.63, 3.8) is 0 Å². The molecule has 39 heavy (non-hydrogen) atoms. The molecule has 9 nitrogen and oxygen atoms in total. The number of rotatable bonds is 8. The summed E-state index contributed by atoms with van der Waals surface area (Å²) >= 11 is 0. The number of hydrogen-bond donors (Lipinski definition) is 3. The molecular weight excluding hydrogens is 506 g/mol. The maximum absolute atomic E-state index is 13.8. The van der Waals surface area contributed by atoms with Crippen molar-refractivity contribution < 1.29 is 23.1 Å². The predicted octanol–water partition coefficient (Wildman–Crippen LogP) is 6.23. The number of carbonyl (C=O) groups is 1. The van der Waals surface area contributed by atoms with E-state index in [9.17, 15) is 18.7 Å². The zero-order chi connectivity index (χ0) is 27.5. The predicted molar refractivity (Wildman–Crippen MR) is 143 cm³/mol. The van der Waals surface area contributed by atoms with Gasteiger partial charge in [0.1, 0.15) is 12.1 Å². The third-order valence-corrected chi connectivity index (χ3v) is 8.08. The number of aliphatic hydroxyl groups excluding tert-OH is 1. The number of amides is 1. The van der Waals surface area contributed by atoms with Gasteiger partial charge in [0.2, 0.25) is 5.89 Å². The van der Waals surface area contributed by atoms with Gasteiger partial charge in [0.05, 0.1) is 23.9 Å². The zero-order valence-electron chi connectivity index (χ0n) is 22.3. The summed E-state index contributed by atoms with van der Waals surface area (Å²) in [6.07, 6.45) is 8.49. The van der Waals surface area contributed by atoms with Gasteiger partial charge in [0.25, 0.3) is 12.3 Å². The van der Waals surface area contributed by atoms with E-state index in [4.69, 9.17) is 4.42 Å². The fourth-order valence-electron chi connectivity index (χ4n) is 5.69. The van der Waals surface area contributed by atoms with Gasteiger partial charge in [-0.05, 0) is 62.5 Å². The molecule has 0 radical (unpaired) electrons. The summed E-state index contributed by atoms with van der Waals surface area (Å²) in [5.41, 5.74) is 0.0825. The Morgan fingerprint density at radius 1 is 1.15 bits per heavy atom. The van der Waals surface area contributed by atoms with Crippen molar-refractivity contribution in [1.82, 2.24) is 19.7 Å². The van der Waals surface area contributed by atoms with E-state index >= 15 is 0 Å². The lowest BCUT2D eigenvalue weighted by molar-refractivity contribution is 0.102. The smallest absolute Gasteiger partial charge is 0.284 e. The molecule has 2 atom stereocenters. The van der Waals surface area contributed by atoms with Crippen molar-refractivity contribution >= 4 is 17.4 Å². The summed E-state index contributed by atoms with van der Waals surface area (Å²) in [7, 11) is 0. The Balaban J connectivity index is 1.27. The van der Waals surface area contributed by atoms with Crippen LogP contribution in [0, 0.1) is 11.8 Å². The normalized spacial score (nSPS) is 23.8. The Kier molecular flexibility index (Phi) is 8.25. The second-order valence-corrected chi connectivity index (χ2v) is 11.0. The largest absolute Gasteiger partial charge is 0.444 e.